The molecule has 0 unspecified atom stereocenters. The first-order valence-corrected chi connectivity index (χ1v) is 4.60. The smallest absolute Gasteiger partial charge is 0.221 e. The molecule has 1 amide bonds. The van der Waals surface area contributed by atoms with E-state index >= 15 is 0 Å². The predicted octanol–water partition coefficient (Wildman–Crippen LogP) is -0.230. The van der Waals surface area contributed by atoms with Gasteiger partial charge >= 0.3 is 0 Å². The lowest BCUT2D eigenvalue weighted by Gasteiger charge is -2.06. The average molecular weight is 197 g/mol. The summed E-state index contributed by atoms with van der Waals surface area (Å²) in [6.07, 6.45) is 3.37. The van der Waals surface area contributed by atoms with Gasteiger partial charge in [0.05, 0.1) is 6.10 Å². The van der Waals surface area contributed by atoms with E-state index < -0.39 is 6.10 Å². The van der Waals surface area contributed by atoms with E-state index in [-0.39, 0.29) is 5.91 Å². The second-order valence-electron chi connectivity index (χ2n) is 3.17. The quantitative estimate of drug-likeness (QED) is 0.685. The van der Waals surface area contributed by atoms with Gasteiger partial charge in [-0.25, -0.2) is 0 Å². The van der Waals surface area contributed by atoms with Crippen LogP contribution in [-0.2, 0) is 11.3 Å². The molecular weight excluding hydrogens is 182 g/mol. The largest absolute Gasteiger partial charge is 0.392 e. The SMILES string of the molecule is C[C@H](O)CNC(=O)CCn1cccn1. The normalized spacial score (nSPS) is 12.4. The Morgan fingerprint density at radius 3 is 3.07 bits per heavy atom. The van der Waals surface area contributed by atoms with Crippen molar-refractivity contribution in [1.29, 1.82) is 0 Å². The summed E-state index contributed by atoms with van der Waals surface area (Å²) in [6, 6.07) is 1.81. The Kier molecular flexibility index (Phi) is 4.12. The number of aryl methyl sites for hydroxylation is 1. The monoisotopic (exact) mass is 197 g/mol. The number of aliphatic hydroxyl groups is 1. The van der Waals surface area contributed by atoms with Crippen LogP contribution in [0.3, 0.4) is 0 Å². The number of amides is 1. The minimum absolute atomic E-state index is 0.0681. The Morgan fingerprint density at radius 1 is 1.71 bits per heavy atom. The Hall–Kier alpha value is -1.36. The number of aromatic nitrogens is 2. The Morgan fingerprint density at radius 2 is 2.50 bits per heavy atom. The van der Waals surface area contributed by atoms with Crippen LogP contribution in [0.25, 0.3) is 0 Å². The zero-order chi connectivity index (χ0) is 10.4. The summed E-state index contributed by atoms with van der Waals surface area (Å²) in [5.74, 6) is -0.0681. The third-order valence-corrected chi connectivity index (χ3v) is 1.72. The summed E-state index contributed by atoms with van der Waals surface area (Å²) in [5, 5.41) is 15.5. The van der Waals surface area contributed by atoms with Crippen LogP contribution < -0.4 is 5.32 Å². The lowest BCUT2D eigenvalue weighted by molar-refractivity contribution is -0.121. The highest BCUT2D eigenvalue weighted by atomic mass is 16.3. The molecule has 0 saturated carbocycles. The summed E-state index contributed by atoms with van der Waals surface area (Å²) in [4.78, 5) is 11.2. The minimum atomic E-state index is -0.497. The molecule has 1 heterocycles. The molecule has 1 atom stereocenters. The van der Waals surface area contributed by atoms with Crippen molar-refractivity contribution < 1.29 is 9.90 Å². The molecule has 0 aliphatic heterocycles. The van der Waals surface area contributed by atoms with Crippen molar-refractivity contribution >= 4 is 5.91 Å². The van der Waals surface area contributed by atoms with Gasteiger partial charge in [-0.3, -0.25) is 9.48 Å². The first-order valence-electron chi connectivity index (χ1n) is 4.60. The molecule has 0 radical (unpaired) electrons. The number of aliphatic hydroxyl groups excluding tert-OH is 1. The molecule has 0 fully saturated rings. The molecule has 1 aromatic heterocycles. The zero-order valence-corrected chi connectivity index (χ0v) is 8.18. The fraction of sp³-hybridized carbons (Fsp3) is 0.556. The molecule has 5 nitrogen and oxygen atoms in total. The van der Waals surface area contributed by atoms with E-state index in [2.05, 4.69) is 10.4 Å². The molecule has 0 aromatic carbocycles. The molecular formula is C9H15N3O2. The number of rotatable bonds is 5. The molecule has 0 aliphatic rings. The van der Waals surface area contributed by atoms with E-state index in [0.29, 0.717) is 19.5 Å². The van der Waals surface area contributed by atoms with Gasteiger partial charge in [0.2, 0.25) is 5.91 Å². The van der Waals surface area contributed by atoms with E-state index in [0.717, 1.165) is 0 Å². The zero-order valence-electron chi connectivity index (χ0n) is 8.18. The first-order chi connectivity index (χ1) is 6.68. The second-order valence-corrected chi connectivity index (χ2v) is 3.17. The molecule has 0 aliphatic carbocycles. The standard InChI is InChI=1S/C9H15N3O2/c1-8(13)7-10-9(14)3-6-12-5-2-4-11-12/h2,4-5,8,13H,3,6-7H2,1H3,(H,10,14)/t8-/m0/s1. The Balaban J connectivity index is 2.15. The molecule has 0 spiro atoms. The third-order valence-electron chi connectivity index (χ3n) is 1.72. The molecule has 0 saturated heterocycles. The Labute approximate surface area is 82.7 Å². The summed E-state index contributed by atoms with van der Waals surface area (Å²) < 4.78 is 1.70. The van der Waals surface area contributed by atoms with E-state index in [1.807, 2.05) is 12.3 Å². The van der Waals surface area contributed by atoms with Crippen LogP contribution in [0.15, 0.2) is 18.5 Å². The van der Waals surface area contributed by atoms with Crippen LogP contribution in [0.5, 0.6) is 0 Å². The minimum Gasteiger partial charge on any atom is -0.392 e. The first kappa shape index (κ1) is 10.7. The molecule has 78 valence electrons. The Bertz CT molecular complexity index is 270. The number of hydrogen-bond donors (Lipinski definition) is 2. The van der Waals surface area contributed by atoms with E-state index in [1.165, 1.54) is 0 Å². The van der Waals surface area contributed by atoms with Gasteiger partial charge in [-0.05, 0) is 13.0 Å². The van der Waals surface area contributed by atoms with E-state index in [9.17, 15) is 4.79 Å². The summed E-state index contributed by atoms with van der Waals surface area (Å²) in [5.41, 5.74) is 0. The van der Waals surface area contributed by atoms with Gasteiger partial charge in [-0.1, -0.05) is 0 Å². The van der Waals surface area contributed by atoms with Crippen molar-refractivity contribution in [3.8, 4) is 0 Å². The number of nitrogens with zero attached hydrogens (tertiary/aromatic N) is 2. The fourth-order valence-corrected chi connectivity index (χ4v) is 0.999. The van der Waals surface area contributed by atoms with Gasteiger partial charge in [0.1, 0.15) is 0 Å². The molecule has 5 heteroatoms. The number of nitrogens with one attached hydrogen (secondary N) is 1. The second kappa shape index (κ2) is 5.39. The van der Waals surface area contributed by atoms with Crippen molar-refractivity contribution in [1.82, 2.24) is 15.1 Å². The van der Waals surface area contributed by atoms with Gasteiger partial charge in [0.25, 0.3) is 0 Å². The van der Waals surface area contributed by atoms with Crippen molar-refractivity contribution in [2.24, 2.45) is 0 Å². The van der Waals surface area contributed by atoms with Crippen molar-refractivity contribution in [3.05, 3.63) is 18.5 Å². The van der Waals surface area contributed by atoms with E-state index in [4.69, 9.17) is 5.11 Å². The maximum Gasteiger partial charge on any atom is 0.221 e. The van der Waals surface area contributed by atoms with Crippen LogP contribution >= 0.6 is 0 Å². The van der Waals surface area contributed by atoms with Gasteiger partial charge in [0.15, 0.2) is 0 Å². The number of carbonyl (C=O) groups is 1. The van der Waals surface area contributed by atoms with Gasteiger partial charge < -0.3 is 10.4 Å². The molecule has 0 bridgehead atoms. The van der Waals surface area contributed by atoms with Crippen molar-refractivity contribution in [3.63, 3.8) is 0 Å². The van der Waals surface area contributed by atoms with Gasteiger partial charge in [-0.2, -0.15) is 5.10 Å². The molecule has 2 N–H and O–H groups in total. The average Bonchev–Trinajstić information content (AvgIpc) is 2.63. The maximum atomic E-state index is 11.2. The van der Waals surface area contributed by atoms with E-state index in [1.54, 1.807) is 17.8 Å². The molecule has 1 aromatic rings. The van der Waals surface area contributed by atoms with Gasteiger partial charge in [-0.15, -0.1) is 0 Å². The maximum absolute atomic E-state index is 11.2. The summed E-state index contributed by atoms with van der Waals surface area (Å²) in [6.45, 7) is 2.50. The van der Waals surface area contributed by atoms with Crippen molar-refractivity contribution in [2.75, 3.05) is 6.54 Å². The van der Waals surface area contributed by atoms with Crippen LogP contribution in [0.1, 0.15) is 13.3 Å². The summed E-state index contributed by atoms with van der Waals surface area (Å²) in [7, 11) is 0. The molecule has 1 rings (SSSR count). The molecule has 14 heavy (non-hydrogen) atoms. The number of hydrogen-bond acceptors (Lipinski definition) is 3. The highest BCUT2D eigenvalue weighted by molar-refractivity contribution is 5.75. The van der Waals surface area contributed by atoms with Crippen LogP contribution in [0.4, 0.5) is 0 Å². The highest BCUT2D eigenvalue weighted by Gasteiger charge is 2.02. The third kappa shape index (κ3) is 4.04. The topological polar surface area (TPSA) is 67.2 Å². The number of carbonyl (C=O) groups excluding carboxylic acids is 1. The van der Waals surface area contributed by atoms with Crippen LogP contribution in [0.2, 0.25) is 0 Å². The highest BCUT2D eigenvalue weighted by Crippen LogP contribution is 1.89. The lowest BCUT2D eigenvalue weighted by Crippen LogP contribution is -2.31. The predicted molar refractivity (Wildman–Crippen MR) is 51.5 cm³/mol. The van der Waals surface area contributed by atoms with Crippen LogP contribution in [-0.4, -0.2) is 33.4 Å². The van der Waals surface area contributed by atoms with Gasteiger partial charge in [0, 0.05) is 31.9 Å². The summed E-state index contributed by atoms with van der Waals surface area (Å²) >= 11 is 0. The van der Waals surface area contributed by atoms with Crippen molar-refractivity contribution in [2.45, 2.75) is 26.0 Å². The lowest BCUT2D eigenvalue weighted by atomic mass is 10.3. The van der Waals surface area contributed by atoms with Crippen LogP contribution in [0, 0.1) is 0 Å². The fourth-order valence-electron chi connectivity index (χ4n) is 0.999.